The molecule has 0 bridgehead atoms. The highest BCUT2D eigenvalue weighted by atomic mass is 16.6. The van der Waals surface area contributed by atoms with E-state index in [0.717, 1.165) is 31.2 Å². The summed E-state index contributed by atoms with van der Waals surface area (Å²) in [6.07, 6.45) is 5.26. The van der Waals surface area contributed by atoms with Crippen molar-refractivity contribution in [3.05, 3.63) is 35.4 Å². The van der Waals surface area contributed by atoms with E-state index in [4.69, 9.17) is 9.47 Å². The Morgan fingerprint density at radius 1 is 0.893 bits per heavy atom. The molecule has 28 heavy (non-hydrogen) atoms. The van der Waals surface area contributed by atoms with Crippen LogP contribution in [0, 0.1) is 0 Å². The van der Waals surface area contributed by atoms with Crippen LogP contribution in [0.15, 0.2) is 24.3 Å². The summed E-state index contributed by atoms with van der Waals surface area (Å²) >= 11 is 0. The normalized spacial score (nSPS) is 15.8. The second kappa shape index (κ2) is 8.97. The molecular formula is C23H35NO4. The molecule has 0 spiro atoms. The molecule has 0 saturated heterocycles. The standard InChI is InChI=1S/C23H35NO4/c1-22(2,3)27-20(25)18-14-12-17(13-15-18)16-24(19-10-8-7-9-11-19)21(26)28-23(4,5)6/h12-15,19H,7-11,16H2,1-6H3. The van der Waals surface area contributed by atoms with Gasteiger partial charge in [-0.2, -0.15) is 0 Å². The molecule has 1 saturated carbocycles. The van der Waals surface area contributed by atoms with E-state index in [2.05, 4.69) is 0 Å². The Labute approximate surface area is 169 Å². The van der Waals surface area contributed by atoms with Gasteiger partial charge in [-0.3, -0.25) is 0 Å². The van der Waals surface area contributed by atoms with Crippen LogP contribution < -0.4 is 0 Å². The zero-order valence-corrected chi connectivity index (χ0v) is 18.2. The molecule has 0 aromatic heterocycles. The summed E-state index contributed by atoms with van der Waals surface area (Å²) in [5.41, 5.74) is 0.443. The Morgan fingerprint density at radius 2 is 1.43 bits per heavy atom. The van der Waals surface area contributed by atoms with Crippen molar-refractivity contribution in [1.82, 2.24) is 4.90 Å². The molecule has 0 unspecified atom stereocenters. The zero-order chi connectivity index (χ0) is 20.9. The minimum absolute atomic E-state index is 0.203. The van der Waals surface area contributed by atoms with Gasteiger partial charge in [0.15, 0.2) is 0 Å². The first-order valence-electron chi connectivity index (χ1n) is 10.3. The van der Waals surface area contributed by atoms with Crippen molar-refractivity contribution in [2.24, 2.45) is 0 Å². The molecule has 1 amide bonds. The van der Waals surface area contributed by atoms with E-state index in [1.807, 2.05) is 58.6 Å². The highest BCUT2D eigenvalue weighted by Crippen LogP contribution is 2.26. The predicted octanol–water partition coefficient (Wildman–Crippen LogP) is 5.71. The molecule has 0 atom stereocenters. The fraction of sp³-hybridized carbons (Fsp3) is 0.652. The average molecular weight is 390 g/mol. The van der Waals surface area contributed by atoms with Gasteiger partial charge < -0.3 is 14.4 Å². The number of benzene rings is 1. The number of nitrogens with zero attached hydrogens (tertiary/aromatic N) is 1. The molecule has 1 aliphatic carbocycles. The van der Waals surface area contributed by atoms with Crippen molar-refractivity contribution in [3.63, 3.8) is 0 Å². The Hall–Kier alpha value is -2.04. The number of carbonyl (C=O) groups is 2. The first-order valence-corrected chi connectivity index (χ1v) is 10.3. The molecule has 1 fully saturated rings. The van der Waals surface area contributed by atoms with Gasteiger partial charge in [-0.1, -0.05) is 31.4 Å². The van der Waals surface area contributed by atoms with E-state index in [1.54, 1.807) is 12.1 Å². The molecule has 0 radical (unpaired) electrons. The first kappa shape index (κ1) is 22.3. The number of amides is 1. The van der Waals surface area contributed by atoms with E-state index >= 15 is 0 Å². The van der Waals surface area contributed by atoms with E-state index in [0.29, 0.717) is 12.1 Å². The second-order valence-corrected chi connectivity index (χ2v) is 9.60. The summed E-state index contributed by atoms with van der Waals surface area (Å²) in [5.74, 6) is -0.338. The third-order valence-electron chi connectivity index (χ3n) is 4.58. The van der Waals surface area contributed by atoms with Crippen LogP contribution in [0.4, 0.5) is 4.79 Å². The lowest BCUT2D eigenvalue weighted by molar-refractivity contribution is 0.00634. The minimum atomic E-state index is -0.524. The number of ether oxygens (including phenoxy) is 2. The van der Waals surface area contributed by atoms with Gasteiger partial charge in [0.25, 0.3) is 0 Å². The first-order chi connectivity index (χ1) is 12.9. The quantitative estimate of drug-likeness (QED) is 0.619. The highest BCUT2D eigenvalue weighted by Gasteiger charge is 2.29. The van der Waals surface area contributed by atoms with Crippen molar-refractivity contribution in [2.75, 3.05) is 0 Å². The Morgan fingerprint density at radius 3 is 1.93 bits per heavy atom. The Balaban J connectivity index is 2.12. The predicted molar refractivity (Wildman–Crippen MR) is 110 cm³/mol. The summed E-state index contributed by atoms with van der Waals surface area (Å²) in [6.45, 7) is 11.7. The maximum Gasteiger partial charge on any atom is 0.410 e. The van der Waals surface area contributed by atoms with Crippen LogP contribution in [0.5, 0.6) is 0 Å². The third-order valence-corrected chi connectivity index (χ3v) is 4.58. The van der Waals surface area contributed by atoms with Crippen molar-refractivity contribution >= 4 is 12.1 Å². The van der Waals surface area contributed by atoms with Gasteiger partial charge in [0.2, 0.25) is 0 Å². The smallest absolute Gasteiger partial charge is 0.410 e. The van der Waals surface area contributed by atoms with Gasteiger partial charge >= 0.3 is 12.1 Å². The second-order valence-electron chi connectivity index (χ2n) is 9.60. The molecule has 1 aromatic carbocycles. The van der Waals surface area contributed by atoms with Crippen molar-refractivity contribution in [1.29, 1.82) is 0 Å². The lowest BCUT2D eigenvalue weighted by Gasteiger charge is -2.35. The van der Waals surface area contributed by atoms with Gasteiger partial charge in [-0.25, -0.2) is 9.59 Å². The minimum Gasteiger partial charge on any atom is -0.456 e. The third kappa shape index (κ3) is 7.17. The van der Waals surface area contributed by atoms with Gasteiger partial charge in [0, 0.05) is 12.6 Å². The topological polar surface area (TPSA) is 55.8 Å². The monoisotopic (exact) mass is 389 g/mol. The van der Waals surface area contributed by atoms with E-state index < -0.39 is 11.2 Å². The molecule has 0 N–H and O–H groups in total. The van der Waals surface area contributed by atoms with E-state index in [1.165, 1.54) is 6.42 Å². The molecule has 0 aliphatic heterocycles. The average Bonchev–Trinajstić information content (AvgIpc) is 2.58. The Kier molecular flexibility index (Phi) is 7.13. The van der Waals surface area contributed by atoms with Crippen LogP contribution in [-0.4, -0.2) is 34.2 Å². The van der Waals surface area contributed by atoms with Gasteiger partial charge in [-0.05, 0) is 72.1 Å². The van der Waals surface area contributed by atoms with Crippen LogP contribution in [0.2, 0.25) is 0 Å². The van der Waals surface area contributed by atoms with Crippen molar-refractivity contribution < 1.29 is 19.1 Å². The molecule has 5 nitrogen and oxygen atoms in total. The zero-order valence-electron chi connectivity index (χ0n) is 18.2. The molecule has 2 rings (SSSR count). The molecule has 1 aromatic rings. The van der Waals surface area contributed by atoms with Crippen molar-refractivity contribution in [2.45, 2.75) is 97.4 Å². The van der Waals surface area contributed by atoms with Crippen LogP contribution in [-0.2, 0) is 16.0 Å². The van der Waals surface area contributed by atoms with E-state index in [9.17, 15) is 9.59 Å². The molecule has 0 heterocycles. The van der Waals surface area contributed by atoms with Crippen LogP contribution in [0.3, 0.4) is 0 Å². The van der Waals surface area contributed by atoms with Crippen molar-refractivity contribution in [3.8, 4) is 0 Å². The summed E-state index contributed by atoms with van der Waals surface area (Å²) < 4.78 is 11.1. The highest BCUT2D eigenvalue weighted by molar-refractivity contribution is 5.89. The molecule has 5 heteroatoms. The summed E-state index contributed by atoms with van der Waals surface area (Å²) in [6, 6.07) is 7.50. The summed E-state index contributed by atoms with van der Waals surface area (Å²) in [4.78, 5) is 26.9. The van der Waals surface area contributed by atoms with E-state index in [-0.39, 0.29) is 18.1 Å². The number of hydrogen-bond donors (Lipinski definition) is 0. The molecular weight excluding hydrogens is 354 g/mol. The lowest BCUT2D eigenvalue weighted by atomic mass is 9.94. The largest absolute Gasteiger partial charge is 0.456 e. The fourth-order valence-corrected chi connectivity index (χ4v) is 3.34. The van der Waals surface area contributed by atoms with Crippen LogP contribution >= 0.6 is 0 Å². The number of hydrogen-bond acceptors (Lipinski definition) is 4. The summed E-state index contributed by atoms with van der Waals surface area (Å²) in [7, 11) is 0. The number of carbonyl (C=O) groups excluding carboxylic acids is 2. The van der Waals surface area contributed by atoms with Gasteiger partial charge in [0.05, 0.1) is 5.56 Å². The maximum atomic E-state index is 12.8. The molecule has 156 valence electrons. The van der Waals surface area contributed by atoms with Crippen LogP contribution in [0.1, 0.15) is 89.6 Å². The SMILES string of the molecule is CC(C)(C)OC(=O)c1ccc(CN(C(=O)OC(C)(C)C)C2CCCCC2)cc1. The fourth-order valence-electron chi connectivity index (χ4n) is 3.34. The van der Waals surface area contributed by atoms with Crippen LogP contribution in [0.25, 0.3) is 0 Å². The van der Waals surface area contributed by atoms with Gasteiger partial charge in [0.1, 0.15) is 11.2 Å². The Bertz CT molecular complexity index is 661. The number of rotatable bonds is 4. The maximum absolute atomic E-state index is 12.8. The lowest BCUT2D eigenvalue weighted by Crippen LogP contribution is -2.43. The number of esters is 1. The summed E-state index contributed by atoms with van der Waals surface area (Å²) in [5, 5.41) is 0. The molecule has 1 aliphatic rings. The van der Waals surface area contributed by atoms with Gasteiger partial charge in [-0.15, -0.1) is 0 Å².